The Morgan fingerprint density at radius 3 is 2.67 bits per heavy atom. The van der Waals surface area contributed by atoms with Crippen LogP contribution in [0.4, 0.5) is 0 Å². The van der Waals surface area contributed by atoms with Gasteiger partial charge in [0.05, 0.1) is 6.61 Å². The molecular formula is C10H19NO. The average Bonchev–Trinajstić information content (AvgIpc) is 2.54. The predicted octanol–water partition coefficient (Wildman–Crippen LogP) is 1.13. The normalized spacial score (nSPS) is 51.8. The second-order valence-corrected chi connectivity index (χ2v) is 4.95. The first-order valence-electron chi connectivity index (χ1n) is 4.99. The third-order valence-corrected chi connectivity index (χ3v) is 4.23. The highest BCUT2D eigenvalue weighted by atomic mass is 16.3. The van der Waals surface area contributed by atoms with Gasteiger partial charge in [0.15, 0.2) is 0 Å². The van der Waals surface area contributed by atoms with E-state index in [2.05, 4.69) is 6.92 Å². The molecule has 3 unspecified atom stereocenters. The second-order valence-electron chi connectivity index (χ2n) is 4.95. The molecule has 2 nitrogen and oxygen atoms in total. The number of hydrogen-bond acceptors (Lipinski definition) is 2. The zero-order valence-corrected chi connectivity index (χ0v) is 7.84. The van der Waals surface area contributed by atoms with Gasteiger partial charge in [0, 0.05) is 12.0 Å². The summed E-state index contributed by atoms with van der Waals surface area (Å²) >= 11 is 0. The molecule has 3 N–H and O–H groups in total. The van der Waals surface area contributed by atoms with Crippen LogP contribution in [-0.4, -0.2) is 18.3 Å². The first-order valence-corrected chi connectivity index (χ1v) is 4.99. The van der Waals surface area contributed by atoms with E-state index in [1.54, 1.807) is 0 Å². The molecule has 0 heterocycles. The molecule has 2 aliphatic carbocycles. The highest BCUT2D eigenvalue weighted by molar-refractivity contribution is 5.17. The third-order valence-electron chi connectivity index (χ3n) is 4.23. The minimum atomic E-state index is 0.123. The maximum atomic E-state index is 9.29. The van der Waals surface area contributed by atoms with E-state index in [-0.39, 0.29) is 5.41 Å². The van der Waals surface area contributed by atoms with Crippen LogP contribution in [0.3, 0.4) is 0 Å². The van der Waals surface area contributed by atoms with Crippen molar-refractivity contribution < 1.29 is 5.11 Å². The molecular weight excluding hydrogens is 150 g/mol. The van der Waals surface area contributed by atoms with Crippen LogP contribution in [0, 0.1) is 16.7 Å². The van der Waals surface area contributed by atoms with Gasteiger partial charge in [-0.3, -0.25) is 0 Å². The van der Waals surface area contributed by atoms with E-state index < -0.39 is 0 Å². The number of aliphatic hydroxyl groups is 1. The minimum Gasteiger partial charge on any atom is -0.396 e. The maximum absolute atomic E-state index is 9.29. The Morgan fingerprint density at radius 1 is 1.58 bits per heavy atom. The van der Waals surface area contributed by atoms with E-state index >= 15 is 0 Å². The van der Waals surface area contributed by atoms with Gasteiger partial charge in [0.2, 0.25) is 0 Å². The molecule has 0 aliphatic heterocycles. The molecule has 2 heteroatoms. The topological polar surface area (TPSA) is 46.2 Å². The van der Waals surface area contributed by atoms with Gasteiger partial charge in [0.25, 0.3) is 0 Å². The van der Waals surface area contributed by atoms with Crippen LogP contribution in [0.25, 0.3) is 0 Å². The maximum Gasteiger partial charge on any atom is 0.0505 e. The number of nitrogens with two attached hydrogens (primary N) is 1. The van der Waals surface area contributed by atoms with Crippen LogP contribution in [0.5, 0.6) is 0 Å². The molecule has 0 saturated heterocycles. The van der Waals surface area contributed by atoms with Crippen LogP contribution in [0.1, 0.15) is 32.6 Å². The Balaban J connectivity index is 2.08. The van der Waals surface area contributed by atoms with Crippen molar-refractivity contribution in [3.05, 3.63) is 0 Å². The monoisotopic (exact) mass is 169 g/mol. The SMILES string of the molecule is CC1CCC2(C1)CC2(CN)CO. The lowest BCUT2D eigenvalue weighted by Gasteiger charge is -2.17. The summed E-state index contributed by atoms with van der Waals surface area (Å²) in [5, 5.41) is 9.29. The Kier molecular flexibility index (Phi) is 1.74. The van der Waals surface area contributed by atoms with Crippen molar-refractivity contribution in [2.24, 2.45) is 22.5 Å². The van der Waals surface area contributed by atoms with E-state index in [1.165, 1.54) is 25.7 Å². The van der Waals surface area contributed by atoms with Gasteiger partial charge < -0.3 is 10.8 Å². The summed E-state index contributed by atoms with van der Waals surface area (Å²) in [4.78, 5) is 0. The van der Waals surface area contributed by atoms with E-state index in [0.29, 0.717) is 18.6 Å². The van der Waals surface area contributed by atoms with Crippen LogP contribution in [0.2, 0.25) is 0 Å². The Labute approximate surface area is 74.1 Å². The highest BCUT2D eigenvalue weighted by Crippen LogP contribution is 2.71. The predicted molar refractivity (Wildman–Crippen MR) is 48.6 cm³/mol. The van der Waals surface area contributed by atoms with E-state index in [4.69, 9.17) is 5.73 Å². The highest BCUT2D eigenvalue weighted by Gasteiger charge is 2.67. The van der Waals surface area contributed by atoms with Gasteiger partial charge in [-0.25, -0.2) is 0 Å². The molecule has 70 valence electrons. The molecule has 2 fully saturated rings. The van der Waals surface area contributed by atoms with Crippen molar-refractivity contribution in [3.8, 4) is 0 Å². The molecule has 0 radical (unpaired) electrons. The van der Waals surface area contributed by atoms with Crippen molar-refractivity contribution in [2.75, 3.05) is 13.2 Å². The molecule has 0 aromatic heterocycles. The van der Waals surface area contributed by atoms with E-state index in [1.807, 2.05) is 0 Å². The average molecular weight is 169 g/mol. The zero-order chi connectivity index (χ0) is 8.82. The Hall–Kier alpha value is -0.0800. The summed E-state index contributed by atoms with van der Waals surface area (Å²) in [5.74, 6) is 0.852. The molecule has 0 aromatic rings. The van der Waals surface area contributed by atoms with Gasteiger partial charge in [-0.05, 0) is 30.6 Å². The number of aliphatic hydroxyl groups excluding tert-OH is 1. The van der Waals surface area contributed by atoms with Crippen molar-refractivity contribution >= 4 is 0 Å². The molecule has 0 amide bonds. The summed E-state index contributed by atoms with van der Waals surface area (Å²) in [7, 11) is 0. The molecule has 1 spiro atoms. The molecule has 3 atom stereocenters. The summed E-state index contributed by atoms with van der Waals surface area (Å²) in [6, 6.07) is 0. The van der Waals surface area contributed by atoms with Gasteiger partial charge in [-0.15, -0.1) is 0 Å². The lowest BCUT2D eigenvalue weighted by atomic mass is 9.91. The Bertz CT molecular complexity index is 188. The molecule has 2 rings (SSSR count). The molecule has 0 bridgehead atoms. The van der Waals surface area contributed by atoms with E-state index in [0.717, 1.165) is 5.92 Å². The van der Waals surface area contributed by atoms with Gasteiger partial charge >= 0.3 is 0 Å². The smallest absolute Gasteiger partial charge is 0.0505 e. The quantitative estimate of drug-likeness (QED) is 0.651. The molecule has 12 heavy (non-hydrogen) atoms. The van der Waals surface area contributed by atoms with Crippen LogP contribution in [0.15, 0.2) is 0 Å². The largest absolute Gasteiger partial charge is 0.396 e. The van der Waals surface area contributed by atoms with Crippen molar-refractivity contribution in [3.63, 3.8) is 0 Å². The number of hydrogen-bond donors (Lipinski definition) is 2. The fourth-order valence-electron chi connectivity index (χ4n) is 3.22. The zero-order valence-electron chi connectivity index (χ0n) is 7.84. The van der Waals surface area contributed by atoms with Crippen molar-refractivity contribution in [1.29, 1.82) is 0 Å². The fourth-order valence-corrected chi connectivity index (χ4v) is 3.22. The molecule has 0 aromatic carbocycles. The summed E-state index contributed by atoms with van der Waals surface area (Å²) in [6.07, 6.45) is 5.11. The van der Waals surface area contributed by atoms with Crippen LogP contribution >= 0.6 is 0 Å². The third kappa shape index (κ3) is 0.882. The molecule has 2 saturated carbocycles. The Morgan fingerprint density at radius 2 is 2.33 bits per heavy atom. The van der Waals surface area contributed by atoms with Gasteiger partial charge in [0.1, 0.15) is 0 Å². The van der Waals surface area contributed by atoms with Crippen molar-refractivity contribution in [1.82, 2.24) is 0 Å². The first kappa shape index (κ1) is 8.52. The lowest BCUT2D eigenvalue weighted by molar-refractivity contribution is 0.174. The van der Waals surface area contributed by atoms with Gasteiger partial charge in [-0.1, -0.05) is 13.3 Å². The summed E-state index contributed by atoms with van der Waals surface area (Å²) in [6.45, 7) is 3.29. The fraction of sp³-hybridized carbons (Fsp3) is 1.00. The minimum absolute atomic E-state index is 0.123. The van der Waals surface area contributed by atoms with E-state index in [9.17, 15) is 5.11 Å². The standard InChI is InChI=1S/C10H19NO/c1-8-2-3-9(4-8)5-10(9,6-11)7-12/h8,12H,2-7,11H2,1H3. The van der Waals surface area contributed by atoms with Crippen LogP contribution < -0.4 is 5.73 Å². The second kappa shape index (κ2) is 2.46. The van der Waals surface area contributed by atoms with Crippen LogP contribution in [-0.2, 0) is 0 Å². The molecule has 2 aliphatic rings. The first-order chi connectivity index (χ1) is 5.68. The van der Waals surface area contributed by atoms with Gasteiger partial charge in [-0.2, -0.15) is 0 Å². The van der Waals surface area contributed by atoms with Crippen molar-refractivity contribution in [2.45, 2.75) is 32.6 Å². The number of rotatable bonds is 2. The summed E-state index contributed by atoms with van der Waals surface area (Å²) in [5.41, 5.74) is 6.30. The summed E-state index contributed by atoms with van der Waals surface area (Å²) < 4.78 is 0. The lowest BCUT2D eigenvalue weighted by Crippen LogP contribution is -2.26.